The summed E-state index contributed by atoms with van der Waals surface area (Å²) in [6, 6.07) is 1.28. The van der Waals surface area contributed by atoms with E-state index in [-0.39, 0.29) is 17.1 Å². The van der Waals surface area contributed by atoms with Gasteiger partial charge in [0.15, 0.2) is 0 Å². The van der Waals surface area contributed by atoms with Gasteiger partial charge in [0.25, 0.3) is 0 Å². The quantitative estimate of drug-likeness (QED) is 0.866. The summed E-state index contributed by atoms with van der Waals surface area (Å²) in [5, 5.41) is 13.7. The number of carboxylic acid groups (broad SMARTS) is 1. The van der Waals surface area contributed by atoms with Crippen molar-refractivity contribution in [3.05, 3.63) is 17.0 Å². The molecule has 0 saturated carbocycles. The van der Waals surface area contributed by atoms with Crippen LogP contribution in [0.1, 0.15) is 37.0 Å². The van der Waals surface area contributed by atoms with Crippen molar-refractivity contribution < 1.29 is 14.7 Å². The third-order valence-corrected chi connectivity index (χ3v) is 4.09. The lowest BCUT2D eigenvalue weighted by Gasteiger charge is -2.31. The Bertz CT molecular complexity index is 481. The number of likely N-dealkylation sites (tertiary alicyclic amines) is 1. The van der Waals surface area contributed by atoms with Crippen LogP contribution in [-0.2, 0) is 0 Å². The number of thiophene rings is 1. The number of carboxylic acids is 1. The van der Waals surface area contributed by atoms with Gasteiger partial charge in [-0.2, -0.15) is 0 Å². The van der Waals surface area contributed by atoms with Crippen molar-refractivity contribution in [2.45, 2.75) is 32.2 Å². The molecule has 1 aromatic rings. The lowest BCUT2D eigenvalue weighted by Crippen LogP contribution is -2.45. The zero-order chi connectivity index (χ0) is 13.3. The number of nitrogens with zero attached hydrogens (tertiary/aromatic N) is 1. The Hall–Kier alpha value is -1.56. The van der Waals surface area contributed by atoms with Crippen molar-refractivity contribution >= 4 is 28.3 Å². The Labute approximate surface area is 109 Å². The standard InChI is InChI=1S/C12H16N2O3S/c1-12(2)5-3-6-14(12)11(17)13-9-8(10(15)16)4-7-18-9/h4,7H,3,5-6H2,1-2H3,(H,13,17)(H,15,16). The minimum absolute atomic E-state index is 0.144. The van der Waals surface area contributed by atoms with E-state index in [2.05, 4.69) is 5.32 Å². The van der Waals surface area contributed by atoms with E-state index in [0.717, 1.165) is 12.8 Å². The molecule has 1 fully saturated rings. The van der Waals surface area contributed by atoms with E-state index in [9.17, 15) is 9.59 Å². The summed E-state index contributed by atoms with van der Waals surface area (Å²) in [6.07, 6.45) is 1.95. The first-order valence-corrected chi connectivity index (χ1v) is 6.69. The maximum Gasteiger partial charge on any atom is 0.338 e. The molecule has 2 N–H and O–H groups in total. The largest absolute Gasteiger partial charge is 0.478 e. The van der Waals surface area contributed by atoms with E-state index in [0.29, 0.717) is 11.5 Å². The number of amides is 2. The molecule has 0 unspecified atom stereocenters. The fraction of sp³-hybridized carbons (Fsp3) is 0.500. The number of carbonyl (C=O) groups excluding carboxylic acids is 1. The lowest BCUT2D eigenvalue weighted by molar-refractivity contribution is 0.0698. The number of aromatic carboxylic acids is 1. The van der Waals surface area contributed by atoms with E-state index in [4.69, 9.17) is 5.11 Å². The van der Waals surface area contributed by atoms with E-state index in [1.54, 1.807) is 10.3 Å². The normalized spacial score (nSPS) is 17.8. The number of carbonyl (C=O) groups is 2. The summed E-state index contributed by atoms with van der Waals surface area (Å²) < 4.78 is 0. The fourth-order valence-corrected chi connectivity index (χ4v) is 2.99. The van der Waals surface area contributed by atoms with Crippen molar-refractivity contribution in [3.63, 3.8) is 0 Å². The van der Waals surface area contributed by atoms with Crippen LogP contribution in [0.15, 0.2) is 11.4 Å². The molecule has 1 aliphatic heterocycles. The van der Waals surface area contributed by atoms with Gasteiger partial charge in [-0.05, 0) is 38.1 Å². The van der Waals surface area contributed by atoms with Crippen molar-refractivity contribution in [2.24, 2.45) is 0 Å². The highest BCUT2D eigenvalue weighted by Crippen LogP contribution is 2.30. The molecule has 6 heteroatoms. The Morgan fingerprint density at radius 2 is 2.22 bits per heavy atom. The first kappa shape index (κ1) is 12.9. The second-order valence-corrected chi connectivity index (χ2v) is 5.88. The summed E-state index contributed by atoms with van der Waals surface area (Å²) in [4.78, 5) is 24.8. The molecule has 1 aromatic heterocycles. The molecular weight excluding hydrogens is 252 g/mol. The molecule has 5 nitrogen and oxygen atoms in total. The van der Waals surface area contributed by atoms with E-state index >= 15 is 0 Å². The van der Waals surface area contributed by atoms with Gasteiger partial charge in [-0.25, -0.2) is 9.59 Å². The number of urea groups is 1. The van der Waals surface area contributed by atoms with E-state index < -0.39 is 5.97 Å². The predicted molar refractivity (Wildman–Crippen MR) is 70.3 cm³/mol. The van der Waals surface area contributed by atoms with Crippen LogP contribution in [0.5, 0.6) is 0 Å². The predicted octanol–water partition coefficient (Wildman–Crippen LogP) is 2.85. The second kappa shape index (κ2) is 4.61. The first-order valence-electron chi connectivity index (χ1n) is 5.81. The third kappa shape index (κ3) is 2.33. The third-order valence-electron chi connectivity index (χ3n) is 3.26. The number of anilines is 1. The number of hydrogen-bond acceptors (Lipinski definition) is 3. The van der Waals surface area contributed by atoms with Crippen molar-refractivity contribution in [1.82, 2.24) is 4.90 Å². The maximum atomic E-state index is 12.1. The summed E-state index contributed by atoms with van der Waals surface area (Å²) in [7, 11) is 0. The average Bonchev–Trinajstić information content (AvgIpc) is 2.83. The van der Waals surface area contributed by atoms with Gasteiger partial charge in [0.1, 0.15) is 5.00 Å². The van der Waals surface area contributed by atoms with Crippen LogP contribution in [-0.4, -0.2) is 34.1 Å². The topological polar surface area (TPSA) is 69.6 Å². The van der Waals surface area contributed by atoms with Gasteiger partial charge in [-0.1, -0.05) is 0 Å². The molecule has 18 heavy (non-hydrogen) atoms. The van der Waals surface area contributed by atoms with Crippen molar-refractivity contribution in [1.29, 1.82) is 0 Å². The van der Waals surface area contributed by atoms with Gasteiger partial charge in [-0.3, -0.25) is 5.32 Å². The van der Waals surface area contributed by atoms with E-state index in [1.807, 2.05) is 13.8 Å². The summed E-state index contributed by atoms with van der Waals surface area (Å²) in [5.41, 5.74) is -0.0181. The highest BCUT2D eigenvalue weighted by Gasteiger charge is 2.35. The highest BCUT2D eigenvalue weighted by molar-refractivity contribution is 7.14. The minimum atomic E-state index is -1.02. The molecular formula is C12H16N2O3S. The SMILES string of the molecule is CC1(C)CCCN1C(=O)Nc1sccc1C(=O)O. The molecule has 0 spiro atoms. The van der Waals surface area contributed by atoms with Crippen LogP contribution in [0.4, 0.5) is 9.80 Å². The van der Waals surface area contributed by atoms with Crippen LogP contribution in [0.3, 0.4) is 0 Å². The summed E-state index contributed by atoms with van der Waals surface area (Å²) in [6.45, 7) is 4.75. The zero-order valence-corrected chi connectivity index (χ0v) is 11.2. The van der Waals surface area contributed by atoms with Gasteiger partial charge >= 0.3 is 12.0 Å². The van der Waals surface area contributed by atoms with Gasteiger partial charge < -0.3 is 10.0 Å². The molecule has 1 saturated heterocycles. The Morgan fingerprint density at radius 1 is 1.50 bits per heavy atom. The van der Waals surface area contributed by atoms with Crippen molar-refractivity contribution in [2.75, 3.05) is 11.9 Å². The first-order chi connectivity index (χ1) is 8.42. The monoisotopic (exact) mass is 268 g/mol. The molecule has 2 heterocycles. The molecule has 0 bridgehead atoms. The summed E-state index contributed by atoms with van der Waals surface area (Å²) >= 11 is 1.23. The molecule has 2 rings (SSSR count). The van der Waals surface area contributed by atoms with Crippen LogP contribution in [0.2, 0.25) is 0 Å². The molecule has 0 aliphatic carbocycles. The molecule has 98 valence electrons. The lowest BCUT2D eigenvalue weighted by atomic mass is 10.0. The Balaban J connectivity index is 2.12. The summed E-state index contributed by atoms with van der Waals surface area (Å²) in [5.74, 6) is -1.02. The van der Waals surface area contributed by atoms with E-state index in [1.165, 1.54) is 17.4 Å². The Kier molecular flexibility index (Phi) is 3.30. The smallest absolute Gasteiger partial charge is 0.338 e. The van der Waals surface area contributed by atoms with Crippen LogP contribution >= 0.6 is 11.3 Å². The molecule has 2 amide bonds. The average molecular weight is 268 g/mol. The molecule has 0 aromatic carbocycles. The van der Waals surface area contributed by atoms with Gasteiger partial charge in [0.2, 0.25) is 0 Å². The van der Waals surface area contributed by atoms with Crippen LogP contribution in [0.25, 0.3) is 0 Å². The van der Waals surface area contributed by atoms with Crippen molar-refractivity contribution in [3.8, 4) is 0 Å². The van der Waals surface area contributed by atoms with Gasteiger partial charge in [0.05, 0.1) is 5.56 Å². The Morgan fingerprint density at radius 3 is 2.78 bits per heavy atom. The van der Waals surface area contributed by atoms with Crippen LogP contribution in [0, 0.1) is 0 Å². The van der Waals surface area contributed by atoms with Crippen LogP contribution < -0.4 is 5.32 Å². The highest BCUT2D eigenvalue weighted by atomic mass is 32.1. The number of nitrogens with one attached hydrogen (secondary N) is 1. The van der Waals surface area contributed by atoms with Gasteiger partial charge in [-0.15, -0.1) is 11.3 Å². The molecule has 1 aliphatic rings. The fourth-order valence-electron chi connectivity index (χ4n) is 2.22. The molecule has 0 atom stereocenters. The zero-order valence-electron chi connectivity index (χ0n) is 10.4. The maximum absolute atomic E-state index is 12.1. The van der Waals surface area contributed by atoms with Gasteiger partial charge in [0, 0.05) is 12.1 Å². The minimum Gasteiger partial charge on any atom is -0.478 e. The molecule has 0 radical (unpaired) electrons. The second-order valence-electron chi connectivity index (χ2n) is 4.97. The number of rotatable bonds is 2. The number of hydrogen-bond donors (Lipinski definition) is 2.